The van der Waals surface area contributed by atoms with E-state index < -0.39 is 0 Å². The summed E-state index contributed by atoms with van der Waals surface area (Å²) in [5.41, 5.74) is 4.51. The highest BCUT2D eigenvalue weighted by atomic mass is 19.1. The lowest BCUT2D eigenvalue weighted by molar-refractivity contribution is 0.274. The molecule has 0 atom stereocenters. The number of aliphatic hydroxyl groups excluding tert-OH is 1. The van der Waals surface area contributed by atoms with E-state index >= 15 is 0 Å². The quantitative estimate of drug-likeness (QED) is 0.794. The number of hydrogen-bond acceptors (Lipinski definition) is 2. The summed E-state index contributed by atoms with van der Waals surface area (Å²) in [4.78, 5) is 4.55. The van der Waals surface area contributed by atoms with Crippen LogP contribution >= 0.6 is 0 Å². The molecule has 0 spiro atoms. The van der Waals surface area contributed by atoms with Crippen LogP contribution in [0.25, 0.3) is 5.65 Å². The highest BCUT2D eigenvalue weighted by Gasteiger charge is 2.12. The predicted molar refractivity (Wildman–Crippen MR) is 75.1 cm³/mol. The number of hydrogen-bond donors (Lipinski definition) is 1. The van der Waals surface area contributed by atoms with Crippen LogP contribution in [0.4, 0.5) is 4.39 Å². The molecule has 0 fully saturated rings. The van der Waals surface area contributed by atoms with Crippen LogP contribution in [-0.2, 0) is 13.0 Å². The van der Waals surface area contributed by atoms with Gasteiger partial charge in [0.15, 0.2) is 0 Å². The van der Waals surface area contributed by atoms with E-state index in [-0.39, 0.29) is 12.4 Å². The fourth-order valence-electron chi connectivity index (χ4n) is 2.35. The number of rotatable bonds is 3. The van der Waals surface area contributed by atoms with Crippen molar-refractivity contribution in [2.75, 3.05) is 0 Å². The molecular weight excluding hydrogens is 255 g/mol. The first-order chi connectivity index (χ1) is 9.67. The zero-order valence-electron chi connectivity index (χ0n) is 11.2. The van der Waals surface area contributed by atoms with Crippen molar-refractivity contribution in [3.8, 4) is 0 Å². The van der Waals surface area contributed by atoms with Crippen molar-refractivity contribution in [1.82, 2.24) is 9.38 Å². The minimum Gasteiger partial charge on any atom is -0.390 e. The molecule has 0 saturated carbocycles. The first-order valence-electron chi connectivity index (χ1n) is 6.49. The van der Waals surface area contributed by atoms with Gasteiger partial charge in [0, 0.05) is 12.6 Å². The lowest BCUT2D eigenvalue weighted by Gasteiger charge is -2.03. The SMILES string of the molecule is Cc1ccc2nc(Cc3ccc(F)cc3)c(CO)n2c1. The third-order valence-corrected chi connectivity index (χ3v) is 3.38. The molecule has 102 valence electrons. The molecule has 1 N–H and O–H groups in total. The second kappa shape index (κ2) is 5.06. The Balaban J connectivity index is 2.04. The van der Waals surface area contributed by atoms with Crippen LogP contribution in [0.2, 0.25) is 0 Å². The van der Waals surface area contributed by atoms with Crippen LogP contribution in [0.1, 0.15) is 22.5 Å². The van der Waals surface area contributed by atoms with Gasteiger partial charge in [0.2, 0.25) is 0 Å². The van der Waals surface area contributed by atoms with Gasteiger partial charge in [0.25, 0.3) is 0 Å². The molecular formula is C16H15FN2O. The summed E-state index contributed by atoms with van der Waals surface area (Å²) in [6.45, 7) is 1.93. The molecule has 4 heteroatoms. The zero-order valence-corrected chi connectivity index (χ0v) is 11.2. The monoisotopic (exact) mass is 270 g/mol. The molecule has 0 radical (unpaired) electrons. The summed E-state index contributed by atoms with van der Waals surface area (Å²) in [5.74, 6) is -0.248. The summed E-state index contributed by atoms with van der Waals surface area (Å²) in [6, 6.07) is 10.3. The van der Waals surface area contributed by atoms with Gasteiger partial charge in [-0.2, -0.15) is 0 Å². The number of imidazole rings is 1. The molecule has 0 aliphatic carbocycles. The van der Waals surface area contributed by atoms with Crippen molar-refractivity contribution in [3.05, 3.63) is 70.9 Å². The Kier molecular flexibility index (Phi) is 3.24. The van der Waals surface area contributed by atoms with E-state index in [0.29, 0.717) is 6.42 Å². The van der Waals surface area contributed by atoms with E-state index in [1.165, 1.54) is 12.1 Å². The number of nitrogens with zero attached hydrogens (tertiary/aromatic N) is 2. The third kappa shape index (κ3) is 2.30. The number of aryl methyl sites for hydroxylation is 1. The molecule has 0 aliphatic heterocycles. The number of fused-ring (bicyclic) bond motifs is 1. The van der Waals surface area contributed by atoms with Crippen LogP contribution in [0.3, 0.4) is 0 Å². The number of benzene rings is 1. The first kappa shape index (κ1) is 12.8. The Labute approximate surface area is 116 Å². The van der Waals surface area contributed by atoms with Gasteiger partial charge in [-0.25, -0.2) is 9.37 Å². The Bertz CT molecular complexity index is 747. The average Bonchev–Trinajstić information content (AvgIpc) is 2.78. The Hall–Kier alpha value is -2.20. The lowest BCUT2D eigenvalue weighted by atomic mass is 10.1. The van der Waals surface area contributed by atoms with Crippen molar-refractivity contribution in [1.29, 1.82) is 0 Å². The minimum atomic E-state index is -0.248. The highest BCUT2D eigenvalue weighted by molar-refractivity contribution is 5.45. The van der Waals surface area contributed by atoms with E-state index in [9.17, 15) is 9.50 Å². The molecule has 0 unspecified atom stereocenters. The highest BCUT2D eigenvalue weighted by Crippen LogP contribution is 2.18. The number of pyridine rings is 1. The largest absolute Gasteiger partial charge is 0.390 e. The van der Waals surface area contributed by atoms with Crippen LogP contribution < -0.4 is 0 Å². The molecule has 0 saturated heterocycles. The van der Waals surface area contributed by atoms with E-state index in [1.807, 2.05) is 29.7 Å². The van der Waals surface area contributed by atoms with Crippen molar-refractivity contribution >= 4 is 5.65 Å². The van der Waals surface area contributed by atoms with Gasteiger partial charge in [-0.05, 0) is 36.2 Å². The molecule has 2 heterocycles. The molecule has 0 amide bonds. The molecule has 2 aromatic heterocycles. The number of aromatic nitrogens is 2. The van der Waals surface area contributed by atoms with Crippen LogP contribution in [0.5, 0.6) is 0 Å². The van der Waals surface area contributed by atoms with E-state index in [4.69, 9.17) is 0 Å². The molecule has 3 aromatic rings. The van der Waals surface area contributed by atoms with E-state index in [2.05, 4.69) is 4.98 Å². The Morgan fingerprint density at radius 1 is 1.15 bits per heavy atom. The summed E-state index contributed by atoms with van der Waals surface area (Å²) in [5, 5.41) is 9.60. The van der Waals surface area contributed by atoms with Crippen LogP contribution in [0.15, 0.2) is 42.6 Å². The van der Waals surface area contributed by atoms with Gasteiger partial charge in [0.1, 0.15) is 11.5 Å². The Morgan fingerprint density at radius 3 is 2.60 bits per heavy atom. The predicted octanol–water partition coefficient (Wildman–Crippen LogP) is 2.86. The topological polar surface area (TPSA) is 37.5 Å². The first-order valence-corrected chi connectivity index (χ1v) is 6.49. The van der Waals surface area contributed by atoms with Gasteiger partial charge in [0.05, 0.1) is 18.0 Å². The number of aliphatic hydroxyl groups is 1. The Morgan fingerprint density at radius 2 is 1.90 bits per heavy atom. The average molecular weight is 270 g/mol. The summed E-state index contributed by atoms with van der Waals surface area (Å²) in [7, 11) is 0. The maximum atomic E-state index is 12.9. The summed E-state index contributed by atoms with van der Waals surface area (Å²) >= 11 is 0. The lowest BCUT2D eigenvalue weighted by Crippen LogP contribution is -1.98. The molecule has 3 rings (SSSR count). The van der Waals surface area contributed by atoms with Gasteiger partial charge in [-0.1, -0.05) is 18.2 Å². The third-order valence-electron chi connectivity index (χ3n) is 3.38. The van der Waals surface area contributed by atoms with Crippen molar-refractivity contribution in [3.63, 3.8) is 0 Å². The maximum Gasteiger partial charge on any atom is 0.137 e. The second-order valence-corrected chi connectivity index (χ2v) is 4.90. The minimum absolute atomic E-state index is 0.0683. The molecule has 0 bridgehead atoms. The summed E-state index contributed by atoms with van der Waals surface area (Å²) in [6.07, 6.45) is 2.54. The molecule has 0 aliphatic rings. The fourth-order valence-corrected chi connectivity index (χ4v) is 2.35. The van der Waals surface area contributed by atoms with Gasteiger partial charge >= 0.3 is 0 Å². The normalized spacial score (nSPS) is 11.2. The van der Waals surface area contributed by atoms with Gasteiger partial charge < -0.3 is 9.51 Å². The van der Waals surface area contributed by atoms with Gasteiger partial charge in [-0.15, -0.1) is 0 Å². The van der Waals surface area contributed by atoms with Gasteiger partial charge in [-0.3, -0.25) is 0 Å². The van der Waals surface area contributed by atoms with Crippen molar-refractivity contribution < 1.29 is 9.50 Å². The molecule has 1 aromatic carbocycles. The zero-order chi connectivity index (χ0) is 14.1. The maximum absolute atomic E-state index is 12.9. The van der Waals surface area contributed by atoms with E-state index in [1.54, 1.807) is 12.1 Å². The molecule has 3 nitrogen and oxygen atoms in total. The fraction of sp³-hybridized carbons (Fsp3) is 0.188. The second-order valence-electron chi connectivity index (χ2n) is 4.90. The van der Waals surface area contributed by atoms with Crippen molar-refractivity contribution in [2.24, 2.45) is 0 Å². The van der Waals surface area contributed by atoms with Crippen molar-refractivity contribution in [2.45, 2.75) is 20.0 Å². The van der Waals surface area contributed by atoms with E-state index in [0.717, 1.165) is 28.2 Å². The standard InChI is InChI=1S/C16H15FN2O/c1-11-2-7-16-18-14(15(10-20)19(16)9-11)8-12-3-5-13(17)6-4-12/h2-7,9,20H,8,10H2,1H3. The smallest absolute Gasteiger partial charge is 0.137 e. The molecule has 20 heavy (non-hydrogen) atoms. The summed E-state index contributed by atoms with van der Waals surface area (Å²) < 4.78 is 14.8. The number of halogens is 1. The van der Waals surface area contributed by atoms with Crippen LogP contribution in [0, 0.1) is 12.7 Å². The van der Waals surface area contributed by atoms with Crippen LogP contribution in [-0.4, -0.2) is 14.5 Å².